The van der Waals surface area contributed by atoms with Gasteiger partial charge in [0, 0.05) is 6.07 Å². The Labute approximate surface area is 173 Å². The summed E-state index contributed by atoms with van der Waals surface area (Å²) in [5, 5.41) is 8.12. The van der Waals surface area contributed by atoms with E-state index in [0.717, 1.165) is 21.5 Å². The van der Waals surface area contributed by atoms with Crippen LogP contribution in [0.15, 0.2) is 42.5 Å². The minimum atomic E-state index is -0.248. The van der Waals surface area contributed by atoms with Gasteiger partial charge in [-0.25, -0.2) is 4.98 Å². The maximum Gasteiger partial charge on any atom is 0.263 e. The van der Waals surface area contributed by atoms with E-state index in [1.807, 2.05) is 44.2 Å². The first kappa shape index (κ1) is 19.1. The van der Waals surface area contributed by atoms with Crippen LogP contribution in [0.25, 0.3) is 15.3 Å². The van der Waals surface area contributed by atoms with Gasteiger partial charge in [0.1, 0.15) is 11.6 Å². The summed E-state index contributed by atoms with van der Waals surface area (Å²) in [5.41, 5.74) is 5.15. The molecule has 2 aromatic carbocycles. The molecule has 0 fully saturated rings. The Bertz CT molecular complexity index is 1170. The van der Waals surface area contributed by atoms with E-state index in [0.29, 0.717) is 16.7 Å². The van der Waals surface area contributed by atoms with Crippen molar-refractivity contribution in [2.45, 2.75) is 27.7 Å². The third kappa shape index (κ3) is 4.00. The Kier molecular flexibility index (Phi) is 5.07. The number of carbonyl (C=O) groups is 1. The van der Waals surface area contributed by atoms with Crippen molar-refractivity contribution in [3.05, 3.63) is 64.8 Å². The minimum absolute atomic E-state index is 0.0761. The Hall–Kier alpha value is -3.19. The molecule has 7 heteroatoms. The first-order valence-corrected chi connectivity index (χ1v) is 10.2. The summed E-state index contributed by atoms with van der Waals surface area (Å²) in [6.45, 7) is 7.92. The number of para-hydroxylation sites is 1. The Morgan fingerprint density at radius 3 is 2.62 bits per heavy atom. The Morgan fingerprint density at radius 2 is 1.83 bits per heavy atom. The summed E-state index contributed by atoms with van der Waals surface area (Å²) in [6, 6.07) is 13.7. The second-order valence-electron chi connectivity index (χ2n) is 7.09. The number of nitrogens with one attached hydrogen (secondary N) is 1. The number of fused-ring (bicyclic) bond motifs is 1. The van der Waals surface area contributed by atoms with E-state index in [1.165, 1.54) is 11.1 Å². The van der Waals surface area contributed by atoms with Crippen LogP contribution in [-0.4, -0.2) is 27.3 Å². The minimum Gasteiger partial charge on any atom is -0.483 e. The number of ether oxygens (including phenoxy) is 1. The van der Waals surface area contributed by atoms with Crippen molar-refractivity contribution in [3.8, 4) is 10.9 Å². The number of hydrogen-bond donors (Lipinski definition) is 1. The van der Waals surface area contributed by atoms with Gasteiger partial charge in [0.25, 0.3) is 5.91 Å². The van der Waals surface area contributed by atoms with Gasteiger partial charge in [0.05, 0.1) is 15.9 Å². The number of thiazole rings is 1. The van der Waals surface area contributed by atoms with Crippen molar-refractivity contribution >= 4 is 33.3 Å². The van der Waals surface area contributed by atoms with Crippen molar-refractivity contribution in [1.82, 2.24) is 14.8 Å². The highest BCUT2D eigenvalue weighted by atomic mass is 32.1. The lowest BCUT2D eigenvalue weighted by atomic mass is 10.1. The lowest BCUT2D eigenvalue weighted by Crippen LogP contribution is -2.22. The molecule has 6 nitrogen and oxygen atoms in total. The standard InChI is InChI=1S/C22H22N4O2S/c1-13-7-5-6-8-18(13)28-12-21(27)24-20-11-16(4)25-26(20)22-23-17-9-14(2)15(3)10-19(17)29-22/h5-11H,12H2,1-4H3,(H,24,27). The predicted molar refractivity (Wildman–Crippen MR) is 116 cm³/mol. The van der Waals surface area contributed by atoms with Crippen LogP contribution < -0.4 is 10.1 Å². The summed E-state index contributed by atoms with van der Waals surface area (Å²) in [4.78, 5) is 17.2. The SMILES string of the molecule is Cc1cc(NC(=O)COc2ccccc2C)n(-c2nc3cc(C)c(C)cc3s2)n1. The van der Waals surface area contributed by atoms with Gasteiger partial charge in [-0.3, -0.25) is 4.79 Å². The monoisotopic (exact) mass is 406 g/mol. The van der Waals surface area contributed by atoms with E-state index < -0.39 is 0 Å². The summed E-state index contributed by atoms with van der Waals surface area (Å²) >= 11 is 1.55. The van der Waals surface area contributed by atoms with Crippen molar-refractivity contribution in [3.63, 3.8) is 0 Å². The molecule has 2 heterocycles. The van der Waals surface area contributed by atoms with E-state index in [4.69, 9.17) is 9.72 Å². The number of carbonyl (C=O) groups excluding carboxylic acids is 1. The molecule has 2 aromatic heterocycles. The average molecular weight is 407 g/mol. The van der Waals surface area contributed by atoms with E-state index in [9.17, 15) is 4.79 Å². The van der Waals surface area contributed by atoms with Gasteiger partial charge in [-0.1, -0.05) is 29.5 Å². The third-order valence-corrected chi connectivity index (χ3v) is 5.72. The van der Waals surface area contributed by atoms with Crippen LogP contribution in [0.3, 0.4) is 0 Å². The Morgan fingerprint density at radius 1 is 1.07 bits per heavy atom. The molecule has 4 rings (SSSR count). The van der Waals surface area contributed by atoms with Crippen LogP contribution in [-0.2, 0) is 4.79 Å². The van der Waals surface area contributed by atoms with Crippen LogP contribution in [0.5, 0.6) is 5.75 Å². The van der Waals surface area contributed by atoms with Gasteiger partial charge in [-0.2, -0.15) is 9.78 Å². The van der Waals surface area contributed by atoms with E-state index >= 15 is 0 Å². The fourth-order valence-corrected chi connectivity index (χ4v) is 4.04. The van der Waals surface area contributed by atoms with Crippen molar-refractivity contribution in [2.24, 2.45) is 0 Å². The maximum absolute atomic E-state index is 12.5. The zero-order valence-corrected chi connectivity index (χ0v) is 17.6. The highest BCUT2D eigenvalue weighted by molar-refractivity contribution is 7.20. The van der Waals surface area contributed by atoms with Crippen molar-refractivity contribution in [2.75, 3.05) is 11.9 Å². The molecule has 0 radical (unpaired) electrons. The number of anilines is 1. The number of benzene rings is 2. The summed E-state index contributed by atoms with van der Waals surface area (Å²) in [7, 11) is 0. The molecule has 1 amide bonds. The van der Waals surface area contributed by atoms with Gasteiger partial charge >= 0.3 is 0 Å². The molecular formula is C22H22N4O2S. The number of hydrogen-bond acceptors (Lipinski definition) is 5. The van der Waals surface area contributed by atoms with E-state index in [-0.39, 0.29) is 12.5 Å². The zero-order chi connectivity index (χ0) is 20.5. The van der Waals surface area contributed by atoms with Crippen molar-refractivity contribution < 1.29 is 9.53 Å². The molecule has 0 saturated heterocycles. The zero-order valence-electron chi connectivity index (χ0n) is 16.8. The van der Waals surface area contributed by atoms with Gasteiger partial charge < -0.3 is 10.1 Å². The van der Waals surface area contributed by atoms with E-state index in [1.54, 1.807) is 16.0 Å². The first-order valence-electron chi connectivity index (χ1n) is 9.34. The number of aryl methyl sites for hydroxylation is 4. The molecule has 0 bridgehead atoms. The molecule has 1 N–H and O–H groups in total. The van der Waals surface area contributed by atoms with Crippen molar-refractivity contribution in [1.29, 1.82) is 0 Å². The smallest absolute Gasteiger partial charge is 0.263 e. The lowest BCUT2D eigenvalue weighted by Gasteiger charge is -2.09. The molecule has 0 aliphatic rings. The van der Waals surface area contributed by atoms with Crippen LogP contribution in [0.4, 0.5) is 5.82 Å². The molecular weight excluding hydrogens is 384 g/mol. The average Bonchev–Trinajstić information content (AvgIpc) is 3.24. The Balaban J connectivity index is 1.55. The maximum atomic E-state index is 12.5. The van der Waals surface area contributed by atoms with E-state index in [2.05, 4.69) is 36.4 Å². The second kappa shape index (κ2) is 7.67. The van der Waals surface area contributed by atoms with Gasteiger partial charge in [0.2, 0.25) is 5.13 Å². The predicted octanol–water partition coefficient (Wildman–Crippen LogP) is 4.73. The third-order valence-electron chi connectivity index (χ3n) is 4.73. The molecule has 0 spiro atoms. The fourth-order valence-electron chi connectivity index (χ4n) is 3.03. The molecule has 0 aliphatic carbocycles. The van der Waals surface area contributed by atoms with Gasteiger partial charge in [-0.05, 0) is 62.6 Å². The number of rotatable bonds is 5. The van der Waals surface area contributed by atoms with Crippen LogP contribution in [0, 0.1) is 27.7 Å². The highest BCUT2D eigenvalue weighted by Gasteiger charge is 2.15. The number of nitrogens with zero attached hydrogens (tertiary/aromatic N) is 3. The van der Waals surface area contributed by atoms with Gasteiger partial charge in [0.15, 0.2) is 6.61 Å². The number of amides is 1. The quantitative estimate of drug-likeness (QED) is 0.520. The molecule has 29 heavy (non-hydrogen) atoms. The molecule has 0 saturated carbocycles. The summed E-state index contributed by atoms with van der Waals surface area (Å²) in [6.07, 6.45) is 0. The summed E-state index contributed by atoms with van der Waals surface area (Å²) in [5.74, 6) is 1.03. The normalized spacial score (nSPS) is 11.0. The van der Waals surface area contributed by atoms with Crippen LogP contribution in [0.1, 0.15) is 22.4 Å². The second-order valence-corrected chi connectivity index (χ2v) is 8.09. The van der Waals surface area contributed by atoms with Crippen LogP contribution in [0.2, 0.25) is 0 Å². The van der Waals surface area contributed by atoms with Crippen LogP contribution >= 0.6 is 11.3 Å². The first-order chi connectivity index (χ1) is 13.9. The lowest BCUT2D eigenvalue weighted by molar-refractivity contribution is -0.118. The molecule has 4 aromatic rings. The highest BCUT2D eigenvalue weighted by Crippen LogP contribution is 2.29. The molecule has 0 aliphatic heterocycles. The number of aromatic nitrogens is 3. The molecule has 0 atom stereocenters. The fraction of sp³-hybridized carbons (Fsp3) is 0.227. The molecule has 148 valence electrons. The summed E-state index contributed by atoms with van der Waals surface area (Å²) < 4.78 is 8.41. The molecule has 0 unspecified atom stereocenters. The topological polar surface area (TPSA) is 69.0 Å². The largest absolute Gasteiger partial charge is 0.483 e. The van der Waals surface area contributed by atoms with Gasteiger partial charge in [-0.15, -0.1) is 0 Å².